The van der Waals surface area contributed by atoms with Crippen LogP contribution in [0.4, 0.5) is 11.5 Å². The predicted molar refractivity (Wildman–Crippen MR) is 63.8 cm³/mol. The zero-order chi connectivity index (χ0) is 10.8. The summed E-state index contributed by atoms with van der Waals surface area (Å²) in [5.74, 6) is 2.48. The Labute approximate surface area is 91.1 Å². The number of nitrogens with two attached hydrogens (primary N) is 1. The fourth-order valence-electron chi connectivity index (χ4n) is 1.83. The Morgan fingerprint density at radius 3 is 2.93 bits per heavy atom. The number of hydrogen-bond acceptors (Lipinski definition) is 3. The van der Waals surface area contributed by atoms with E-state index in [1.54, 1.807) is 0 Å². The normalized spacial score (nSPS) is 17.5. The van der Waals surface area contributed by atoms with Crippen molar-refractivity contribution >= 4 is 11.5 Å². The summed E-state index contributed by atoms with van der Waals surface area (Å²) in [7, 11) is 0. The summed E-state index contributed by atoms with van der Waals surface area (Å²) >= 11 is 0. The monoisotopic (exact) mass is 205 g/mol. The van der Waals surface area contributed by atoms with Crippen molar-refractivity contribution in [3.05, 3.63) is 17.8 Å². The molecule has 1 aliphatic carbocycles. The highest BCUT2D eigenvalue weighted by Gasteiger charge is 2.27. The zero-order valence-electron chi connectivity index (χ0n) is 9.46. The van der Waals surface area contributed by atoms with Crippen molar-refractivity contribution in [2.24, 2.45) is 11.8 Å². The molecule has 0 amide bonds. The van der Waals surface area contributed by atoms with E-state index in [2.05, 4.69) is 17.2 Å². The SMILES string of the molecule is Cc1cnc(NCC(C)C2CC2)c(N)c1. The molecule has 3 heteroatoms. The van der Waals surface area contributed by atoms with Crippen molar-refractivity contribution in [3.63, 3.8) is 0 Å². The third-order valence-corrected chi connectivity index (χ3v) is 3.07. The molecule has 0 saturated heterocycles. The summed E-state index contributed by atoms with van der Waals surface area (Å²) in [6.07, 6.45) is 4.62. The van der Waals surface area contributed by atoms with Crippen LogP contribution in [0.1, 0.15) is 25.3 Å². The van der Waals surface area contributed by atoms with Crippen LogP contribution in [-0.4, -0.2) is 11.5 Å². The van der Waals surface area contributed by atoms with E-state index in [1.165, 1.54) is 12.8 Å². The lowest BCUT2D eigenvalue weighted by Gasteiger charge is -2.13. The topological polar surface area (TPSA) is 50.9 Å². The molecule has 0 bridgehead atoms. The van der Waals surface area contributed by atoms with Crippen LogP contribution in [0.15, 0.2) is 12.3 Å². The lowest BCUT2D eigenvalue weighted by Crippen LogP contribution is -2.14. The molecule has 15 heavy (non-hydrogen) atoms. The number of aryl methyl sites for hydroxylation is 1. The number of nitrogens with zero attached hydrogens (tertiary/aromatic N) is 1. The molecule has 1 aromatic heterocycles. The van der Waals surface area contributed by atoms with E-state index in [0.29, 0.717) is 0 Å². The first-order chi connectivity index (χ1) is 7.16. The first-order valence-corrected chi connectivity index (χ1v) is 5.63. The van der Waals surface area contributed by atoms with Gasteiger partial charge in [-0.2, -0.15) is 0 Å². The summed E-state index contributed by atoms with van der Waals surface area (Å²) in [5, 5.41) is 3.33. The minimum absolute atomic E-state index is 0.729. The Kier molecular flexibility index (Phi) is 2.80. The third-order valence-electron chi connectivity index (χ3n) is 3.07. The van der Waals surface area contributed by atoms with Crippen LogP contribution in [-0.2, 0) is 0 Å². The van der Waals surface area contributed by atoms with Gasteiger partial charge in [-0.05, 0) is 43.2 Å². The second-order valence-electron chi connectivity index (χ2n) is 4.65. The average Bonchev–Trinajstić information content (AvgIpc) is 2.99. The first-order valence-electron chi connectivity index (χ1n) is 5.63. The average molecular weight is 205 g/mol. The highest BCUT2D eigenvalue weighted by atomic mass is 15.0. The van der Waals surface area contributed by atoms with Crippen LogP contribution in [0.5, 0.6) is 0 Å². The fraction of sp³-hybridized carbons (Fsp3) is 0.583. The molecule has 0 radical (unpaired) electrons. The number of anilines is 2. The van der Waals surface area contributed by atoms with Gasteiger partial charge in [-0.1, -0.05) is 6.92 Å². The minimum Gasteiger partial charge on any atom is -0.396 e. The van der Waals surface area contributed by atoms with E-state index >= 15 is 0 Å². The van der Waals surface area contributed by atoms with E-state index in [4.69, 9.17) is 5.73 Å². The van der Waals surface area contributed by atoms with Crippen LogP contribution in [0.3, 0.4) is 0 Å². The maximum absolute atomic E-state index is 5.87. The predicted octanol–water partition coefficient (Wildman–Crippen LogP) is 2.43. The van der Waals surface area contributed by atoms with Crippen molar-refractivity contribution in [1.29, 1.82) is 0 Å². The van der Waals surface area contributed by atoms with Crippen LogP contribution in [0, 0.1) is 18.8 Å². The quantitative estimate of drug-likeness (QED) is 0.793. The Hall–Kier alpha value is -1.25. The van der Waals surface area contributed by atoms with Crippen molar-refractivity contribution in [3.8, 4) is 0 Å². The minimum atomic E-state index is 0.729. The van der Waals surface area contributed by atoms with E-state index in [1.807, 2.05) is 19.2 Å². The second-order valence-corrected chi connectivity index (χ2v) is 4.65. The number of rotatable bonds is 4. The summed E-state index contributed by atoms with van der Waals surface area (Å²) < 4.78 is 0. The van der Waals surface area contributed by atoms with Crippen molar-refractivity contribution < 1.29 is 0 Å². The molecule has 1 saturated carbocycles. The number of nitrogen functional groups attached to an aromatic ring is 1. The van der Waals surface area contributed by atoms with Gasteiger partial charge < -0.3 is 11.1 Å². The number of pyridine rings is 1. The van der Waals surface area contributed by atoms with Gasteiger partial charge in [0.05, 0.1) is 5.69 Å². The highest BCUT2D eigenvalue weighted by molar-refractivity contribution is 5.61. The highest BCUT2D eigenvalue weighted by Crippen LogP contribution is 2.36. The Morgan fingerprint density at radius 2 is 2.33 bits per heavy atom. The smallest absolute Gasteiger partial charge is 0.149 e. The van der Waals surface area contributed by atoms with Crippen LogP contribution in [0.2, 0.25) is 0 Å². The van der Waals surface area contributed by atoms with Crippen molar-refractivity contribution in [2.45, 2.75) is 26.7 Å². The van der Waals surface area contributed by atoms with E-state index in [9.17, 15) is 0 Å². The Morgan fingerprint density at radius 1 is 1.60 bits per heavy atom. The second kappa shape index (κ2) is 4.09. The van der Waals surface area contributed by atoms with E-state index < -0.39 is 0 Å². The van der Waals surface area contributed by atoms with Crippen LogP contribution < -0.4 is 11.1 Å². The van der Waals surface area contributed by atoms with Crippen LogP contribution in [0.25, 0.3) is 0 Å². The standard InChI is InChI=1S/C12H19N3/c1-8-5-11(13)12(14-6-8)15-7-9(2)10-3-4-10/h5-6,9-10H,3-4,7,13H2,1-2H3,(H,14,15). The summed E-state index contributed by atoms with van der Waals surface area (Å²) in [5.41, 5.74) is 7.73. The molecule has 1 atom stereocenters. The lowest BCUT2D eigenvalue weighted by atomic mass is 10.1. The van der Waals surface area contributed by atoms with Gasteiger partial charge in [0.25, 0.3) is 0 Å². The molecule has 1 fully saturated rings. The van der Waals surface area contributed by atoms with Gasteiger partial charge in [0.15, 0.2) is 0 Å². The van der Waals surface area contributed by atoms with Gasteiger partial charge in [0, 0.05) is 12.7 Å². The number of hydrogen-bond donors (Lipinski definition) is 2. The first kappa shape index (κ1) is 10.3. The van der Waals surface area contributed by atoms with Crippen molar-refractivity contribution in [2.75, 3.05) is 17.6 Å². The molecule has 3 N–H and O–H groups in total. The van der Waals surface area contributed by atoms with E-state index in [-0.39, 0.29) is 0 Å². The molecule has 1 aliphatic rings. The summed E-state index contributed by atoms with van der Waals surface area (Å²) in [6, 6.07) is 1.96. The van der Waals surface area contributed by atoms with Gasteiger partial charge in [-0.15, -0.1) is 0 Å². The molecular formula is C12H19N3. The Bertz CT molecular complexity index is 345. The molecular weight excluding hydrogens is 186 g/mol. The zero-order valence-corrected chi connectivity index (χ0v) is 9.46. The molecule has 2 rings (SSSR count). The molecule has 1 unspecified atom stereocenters. The fourth-order valence-corrected chi connectivity index (χ4v) is 1.83. The van der Waals surface area contributed by atoms with Crippen LogP contribution >= 0.6 is 0 Å². The van der Waals surface area contributed by atoms with Gasteiger partial charge in [-0.3, -0.25) is 0 Å². The molecule has 1 heterocycles. The maximum atomic E-state index is 5.87. The third kappa shape index (κ3) is 2.61. The van der Waals surface area contributed by atoms with Gasteiger partial charge in [0.2, 0.25) is 0 Å². The molecule has 0 aliphatic heterocycles. The molecule has 82 valence electrons. The molecule has 0 aromatic carbocycles. The molecule has 1 aromatic rings. The Balaban J connectivity index is 1.92. The lowest BCUT2D eigenvalue weighted by molar-refractivity contribution is 0.536. The van der Waals surface area contributed by atoms with Gasteiger partial charge in [-0.25, -0.2) is 4.98 Å². The summed E-state index contributed by atoms with van der Waals surface area (Å²) in [4.78, 5) is 4.29. The number of nitrogens with one attached hydrogen (secondary N) is 1. The largest absolute Gasteiger partial charge is 0.396 e. The molecule has 3 nitrogen and oxygen atoms in total. The molecule has 0 spiro atoms. The van der Waals surface area contributed by atoms with Crippen molar-refractivity contribution in [1.82, 2.24) is 4.98 Å². The van der Waals surface area contributed by atoms with Gasteiger partial charge >= 0.3 is 0 Å². The maximum Gasteiger partial charge on any atom is 0.149 e. The number of aromatic nitrogens is 1. The van der Waals surface area contributed by atoms with E-state index in [0.717, 1.165) is 35.4 Å². The summed E-state index contributed by atoms with van der Waals surface area (Å²) in [6.45, 7) is 5.26. The van der Waals surface area contributed by atoms with Gasteiger partial charge in [0.1, 0.15) is 5.82 Å².